The van der Waals surface area contributed by atoms with E-state index in [2.05, 4.69) is 32.5 Å². The van der Waals surface area contributed by atoms with Gasteiger partial charge in [-0.2, -0.15) is 0 Å². The minimum Gasteiger partial charge on any atom is -0.343 e. The number of benzene rings is 1. The second kappa shape index (κ2) is 8.34. The summed E-state index contributed by atoms with van der Waals surface area (Å²) in [5.74, 6) is -3.37. The molecule has 3 rings (SSSR count). The molecule has 6 nitrogen and oxygen atoms in total. The van der Waals surface area contributed by atoms with Gasteiger partial charge in [-0.25, -0.2) is 8.78 Å². The summed E-state index contributed by atoms with van der Waals surface area (Å²) >= 11 is 9.25. The lowest BCUT2D eigenvalue weighted by Crippen LogP contribution is -2.62. The number of hydrogen-bond acceptors (Lipinski definition) is 3. The smallest absolute Gasteiger partial charge is 0.293 e. The molecule has 0 atom stereocenters. The lowest BCUT2D eigenvalue weighted by Gasteiger charge is -2.43. The summed E-state index contributed by atoms with van der Waals surface area (Å²) in [4.78, 5) is 38.3. The Bertz CT molecular complexity index is 1190. The molecule has 0 unspecified atom stereocenters. The molecule has 1 aromatic carbocycles. The minimum absolute atomic E-state index is 0.0192. The molecule has 1 saturated carbocycles. The zero-order valence-corrected chi connectivity index (χ0v) is 19.7. The fraction of sp³-hybridized carbons (Fsp3) is 0.318. The van der Waals surface area contributed by atoms with Gasteiger partial charge in [-0.1, -0.05) is 17.5 Å². The van der Waals surface area contributed by atoms with E-state index in [4.69, 9.17) is 18.0 Å². The van der Waals surface area contributed by atoms with Crippen molar-refractivity contribution in [2.75, 3.05) is 5.32 Å². The van der Waals surface area contributed by atoms with E-state index < -0.39 is 41.9 Å². The number of hydrogen-bond donors (Lipinski definition) is 2. The fourth-order valence-corrected chi connectivity index (χ4v) is 4.34. The second-order valence-electron chi connectivity index (χ2n) is 7.80. The highest BCUT2D eigenvalue weighted by Gasteiger charge is 2.57. The van der Waals surface area contributed by atoms with E-state index in [9.17, 15) is 23.2 Å². The molecule has 1 aliphatic carbocycles. The van der Waals surface area contributed by atoms with Gasteiger partial charge >= 0.3 is 0 Å². The van der Waals surface area contributed by atoms with Crippen molar-refractivity contribution in [3.05, 3.63) is 50.2 Å². The molecule has 1 heterocycles. The van der Waals surface area contributed by atoms with Gasteiger partial charge in [0.05, 0.1) is 10.6 Å². The van der Waals surface area contributed by atoms with Gasteiger partial charge in [0.2, 0.25) is 0 Å². The van der Waals surface area contributed by atoms with Crippen molar-refractivity contribution in [3.8, 4) is 12.3 Å². The first kappa shape index (κ1) is 24.0. The number of carbonyl (C=O) groups excluding carboxylic acids is 3. The monoisotopic (exact) mass is 525 g/mol. The topological polar surface area (TPSA) is 80.2 Å². The van der Waals surface area contributed by atoms with Gasteiger partial charge in [0, 0.05) is 35.7 Å². The van der Waals surface area contributed by atoms with Crippen LogP contribution in [0.25, 0.3) is 0 Å². The molecule has 0 saturated heterocycles. The van der Waals surface area contributed by atoms with Gasteiger partial charge in [-0.05, 0) is 53.5 Å². The number of alkyl halides is 2. The summed E-state index contributed by atoms with van der Waals surface area (Å²) in [6.45, 7) is 3.12. The molecule has 10 heteroatoms. The first-order chi connectivity index (χ1) is 14.8. The summed E-state index contributed by atoms with van der Waals surface area (Å²) in [6, 6.07) is 4.84. The number of nitrogens with one attached hydrogen (secondary N) is 2. The van der Waals surface area contributed by atoms with Crippen LogP contribution in [0.15, 0.2) is 22.7 Å². The van der Waals surface area contributed by atoms with Crippen LogP contribution < -0.4 is 10.6 Å². The molecule has 168 valence electrons. The van der Waals surface area contributed by atoms with E-state index in [1.54, 1.807) is 32.2 Å². The minimum atomic E-state index is -2.98. The van der Waals surface area contributed by atoms with Crippen LogP contribution in [0.1, 0.15) is 44.9 Å². The van der Waals surface area contributed by atoms with Crippen LogP contribution in [0.5, 0.6) is 0 Å². The fourth-order valence-electron chi connectivity index (χ4n) is 3.84. The average Bonchev–Trinajstić information content (AvgIpc) is 2.91. The second-order valence-corrected chi connectivity index (χ2v) is 9.06. The molecule has 0 bridgehead atoms. The first-order valence-electron chi connectivity index (χ1n) is 9.45. The van der Waals surface area contributed by atoms with Gasteiger partial charge in [-0.3, -0.25) is 14.4 Å². The van der Waals surface area contributed by atoms with Crippen molar-refractivity contribution in [2.24, 2.45) is 7.05 Å². The SMILES string of the molecule is C#CC1(NC(=O)C(=O)c2c(C)c(C(=O)Nc3ccc(Cl)c(Br)c3)n(C)c2C)CC(F)(F)C1. The lowest BCUT2D eigenvalue weighted by molar-refractivity contribution is -0.133. The van der Waals surface area contributed by atoms with E-state index in [1.807, 2.05) is 0 Å². The van der Waals surface area contributed by atoms with Crippen LogP contribution in [0, 0.1) is 26.2 Å². The van der Waals surface area contributed by atoms with Crippen molar-refractivity contribution in [1.82, 2.24) is 9.88 Å². The van der Waals surface area contributed by atoms with E-state index in [0.717, 1.165) is 0 Å². The van der Waals surface area contributed by atoms with Gasteiger partial charge in [0.25, 0.3) is 23.5 Å². The van der Waals surface area contributed by atoms with Crippen molar-refractivity contribution >= 4 is 50.8 Å². The highest BCUT2D eigenvalue weighted by molar-refractivity contribution is 9.10. The quantitative estimate of drug-likeness (QED) is 0.344. The molecule has 1 fully saturated rings. The van der Waals surface area contributed by atoms with Gasteiger partial charge in [-0.15, -0.1) is 6.42 Å². The zero-order valence-electron chi connectivity index (χ0n) is 17.4. The normalized spacial score (nSPS) is 15.9. The molecule has 2 amide bonds. The molecule has 1 aliphatic rings. The summed E-state index contributed by atoms with van der Waals surface area (Å²) in [6.07, 6.45) is 3.86. The van der Waals surface area contributed by atoms with Crippen LogP contribution in [0.2, 0.25) is 5.02 Å². The van der Waals surface area contributed by atoms with E-state index in [1.165, 1.54) is 11.5 Å². The predicted octanol–water partition coefficient (Wildman–Crippen LogP) is 4.41. The molecular formula is C22H19BrClF2N3O3. The Kier molecular flexibility index (Phi) is 6.24. The number of ketones is 1. The van der Waals surface area contributed by atoms with E-state index >= 15 is 0 Å². The highest BCUT2D eigenvalue weighted by Crippen LogP contribution is 2.45. The Hall–Kier alpha value is -2.70. The highest BCUT2D eigenvalue weighted by atomic mass is 79.9. The summed E-state index contributed by atoms with van der Waals surface area (Å²) in [5.41, 5.74) is -0.243. The maximum absolute atomic E-state index is 13.3. The number of halogens is 4. The number of Topliss-reactive ketones (excluding diaryl/α,β-unsaturated/α-hetero) is 1. The number of aromatic nitrogens is 1. The summed E-state index contributed by atoms with van der Waals surface area (Å²) in [7, 11) is 1.58. The zero-order chi connectivity index (χ0) is 24.0. The molecule has 2 N–H and O–H groups in total. The number of anilines is 1. The number of terminal acetylenes is 1. The van der Waals surface area contributed by atoms with E-state index in [0.29, 0.717) is 20.9 Å². The Balaban J connectivity index is 1.86. The number of amides is 2. The largest absolute Gasteiger partial charge is 0.343 e. The predicted molar refractivity (Wildman–Crippen MR) is 120 cm³/mol. The Morgan fingerprint density at radius 3 is 2.41 bits per heavy atom. The van der Waals surface area contributed by atoms with Crippen molar-refractivity contribution in [3.63, 3.8) is 0 Å². The van der Waals surface area contributed by atoms with Gasteiger partial charge in [0.1, 0.15) is 11.2 Å². The number of rotatable bonds is 5. The molecule has 0 aliphatic heterocycles. The first-order valence-corrected chi connectivity index (χ1v) is 10.6. The van der Waals surface area contributed by atoms with Gasteiger partial charge in [0.15, 0.2) is 0 Å². The van der Waals surface area contributed by atoms with Crippen LogP contribution in [-0.4, -0.2) is 33.6 Å². The van der Waals surface area contributed by atoms with Crippen molar-refractivity contribution in [1.29, 1.82) is 0 Å². The molecule has 0 spiro atoms. The third-order valence-corrected chi connectivity index (χ3v) is 6.72. The molecule has 1 aromatic heterocycles. The third-order valence-electron chi connectivity index (χ3n) is 5.51. The molecule has 32 heavy (non-hydrogen) atoms. The molecule has 2 aromatic rings. The Morgan fingerprint density at radius 2 is 1.88 bits per heavy atom. The number of carbonyl (C=O) groups is 3. The third kappa shape index (κ3) is 4.30. The van der Waals surface area contributed by atoms with Gasteiger partial charge < -0.3 is 15.2 Å². The molecular weight excluding hydrogens is 508 g/mol. The molecule has 0 radical (unpaired) electrons. The maximum atomic E-state index is 13.3. The Morgan fingerprint density at radius 1 is 1.25 bits per heavy atom. The van der Waals surface area contributed by atoms with Crippen molar-refractivity contribution in [2.45, 2.75) is 38.2 Å². The Labute approximate surface area is 196 Å². The number of nitrogens with zero attached hydrogens (tertiary/aromatic N) is 1. The van der Waals surface area contributed by atoms with E-state index in [-0.39, 0.29) is 16.8 Å². The standard InChI is InChI=1S/C22H19BrClF2N3O3/c1-5-21(9-22(25,26)10-21)28-20(32)18(30)16-11(2)17(29(4)12(16)3)19(31)27-13-6-7-15(24)14(23)8-13/h1,6-8H,9-10H2,2-4H3,(H,27,31)(H,28,32). The van der Waals surface area contributed by atoms with Crippen LogP contribution >= 0.6 is 27.5 Å². The van der Waals surface area contributed by atoms with Crippen LogP contribution in [-0.2, 0) is 11.8 Å². The van der Waals surface area contributed by atoms with Crippen LogP contribution in [0.4, 0.5) is 14.5 Å². The van der Waals surface area contributed by atoms with Crippen molar-refractivity contribution < 1.29 is 23.2 Å². The summed E-state index contributed by atoms with van der Waals surface area (Å²) < 4.78 is 28.7. The maximum Gasteiger partial charge on any atom is 0.293 e. The average molecular weight is 527 g/mol. The summed E-state index contributed by atoms with van der Waals surface area (Å²) in [5, 5.41) is 5.46. The lowest BCUT2D eigenvalue weighted by atomic mass is 9.74. The van der Waals surface area contributed by atoms with Crippen LogP contribution in [0.3, 0.4) is 0 Å².